The van der Waals surface area contributed by atoms with Gasteiger partial charge in [0.25, 0.3) is 0 Å². The van der Waals surface area contributed by atoms with Crippen molar-refractivity contribution >= 4 is 17.5 Å². The van der Waals surface area contributed by atoms with Crippen LogP contribution in [0.2, 0.25) is 0 Å². The Morgan fingerprint density at radius 2 is 1.68 bits per heavy atom. The lowest BCUT2D eigenvalue weighted by Gasteiger charge is -2.33. The van der Waals surface area contributed by atoms with Crippen molar-refractivity contribution in [3.63, 3.8) is 0 Å². The summed E-state index contributed by atoms with van der Waals surface area (Å²) in [6.07, 6.45) is 6.09. The van der Waals surface area contributed by atoms with Crippen LogP contribution in [0.3, 0.4) is 0 Å². The van der Waals surface area contributed by atoms with E-state index in [1.54, 1.807) is 6.92 Å². The average Bonchev–Trinajstić information content (AvgIpc) is 2.55. The van der Waals surface area contributed by atoms with Crippen LogP contribution in [0.1, 0.15) is 71.8 Å². The molecule has 138 valence electrons. The number of anilines is 1. The Labute approximate surface area is 152 Å². The minimum absolute atomic E-state index is 0.0365. The second-order valence-corrected chi connectivity index (χ2v) is 8.13. The number of hydrogen-bond donors (Lipinski definition) is 1. The summed E-state index contributed by atoms with van der Waals surface area (Å²) in [4.78, 5) is 26.1. The van der Waals surface area contributed by atoms with Gasteiger partial charge in [0, 0.05) is 31.6 Å². The van der Waals surface area contributed by atoms with Crippen LogP contribution in [0.25, 0.3) is 0 Å². The van der Waals surface area contributed by atoms with E-state index in [0.29, 0.717) is 19.0 Å². The Kier molecular flexibility index (Phi) is 6.63. The first-order valence-corrected chi connectivity index (χ1v) is 9.45. The van der Waals surface area contributed by atoms with E-state index in [-0.39, 0.29) is 17.2 Å². The Morgan fingerprint density at radius 1 is 1.08 bits per heavy atom. The Bertz CT molecular complexity index is 581. The smallest absolute Gasteiger partial charge is 0.226 e. The second-order valence-electron chi connectivity index (χ2n) is 8.13. The summed E-state index contributed by atoms with van der Waals surface area (Å²) in [5.41, 5.74) is 2.15. The highest BCUT2D eigenvalue weighted by Crippen LogP contribution is 2.24. The van der Waals surface area contributed by atoms with Crippen molar-refractivity contribution in [1.29, 1.82) is 0 Å². The van der Waals surface area contributed by atoms with Crippen LogP contribution in [-0.2, 0) is 15.0 Å². The molecule has 2 amide bonds. The molecule has 0 aromatic heterocycles. The molecule has 1 aliphatic carbocycles. The third-order valence-electron chi connectivity index (χ3n) is 5.03. The highest BCUT2D eigenvalue weighted by atomic mass is 16.2. The fraction of sp³-hybridized carbons (Fsp3) is 0.619. The van der Waals surface area contributed by atoms with Crippen molar-refractivity contribution < 1.29 is 9.59 Å². The van der Waals surface area contributed by atoms with E-state index < -0.39 is 0 Å². The third-order valence-corrected chi connectivity index (χ3v) is 5.03. The highest BCUT2D eigenvalue weighted by Gasteiger charge is 2.23. The third kappa shape index (κ3) is 5.87. The van der Waals surface area contributed by atoms with Gasteiger partial charge in [-0.15, -0.1) is 0 Å². The number of carbonyl (C=O) groups is 2. The monoisotopic (exact) mass is 344 g/mol. The molecular formula is C21H32N2O2. The number of rotatable bonds is 5. The maximum Gasteiger partial charge on any atom is 0.226 e. The van der Waals surface area contributed by atoms with E-state index in [9.17, 15) is 9.59 Å². The normalized spacial score (nSPS) is 15.7. The van der Waals surface area contributed by atoms with Gasteiger partial charge in [-0.3, -0.25) is 9.59 Å². The molecule has 1 N–H and O–H groups in total. The molecule has 2 rings (SSSR count). The lowest BCUT2D eigenvalue weighted by atomic mass is 9.87. The minimum Gasteiger partial charge on any atom is -0.339 e. The van der Waals surface area contributed by atoms with Crippen LogP contribution in [0.15, 0.2) is 24.3 Å². The first kappa shape index (κ1) is 19.5. The number of benzene rings is 1. The summed E-state index contributed by atoms with van der Waals surface area (Å²) in [7, 11) is 0. The average molecular weight is 344 g/mol. The first-order chi connectivity index (χ1) is 11.8. The summed E-state index contributed by atoms with van der Waals surface area (Å²) < 4.78 is 0. The summed E-state index contributed by atoms with van der Waals surface area (Å²) >= 11 is 0. The lowest BCUT2D eigenvalue weighted by Crippen LogP contribution is -2.41. The van der Waals surface area contributed by atoms with Crippen LogP contribution in [0.5, 0.6) is 0 Å². The van der Waals surface area contributed by atoms with E-state index in [2.05, 4.69) is 38.2 Å². The summed E-state index contributed by atoms with van der Waals surface area (Å²) in [5.74, 6) is 0.0415. The molecule has 4 nitrogen and oxygen atoms in total. The summed E-state index contributed by atoms with van der Waals surface area (Å²) in [6.45, 7) is 8.62. The van der Waals surface area contributed by atoms with E-state index in [0.717, 1.165) is 18.5 Å². The number of nitrogens with zero attached hydrogens (tertiary/aromatic N) is 1. The topological polar surface area (TPSA) is 49.4 Å². The zero-order chi connectivity index (χ0) is 18.4. The minimum atomic E-state index is -0.0365. The molecule has 1 aliphatic rings. The number of carbonyl (C=O) groups excluding carboxylic acids is 2. The standard InChI is InChI=1S/C21H32N2O2/c1-16(24)23(19-8-6-5-7-9-19)15-14-20(25)22-18-12-10-17(11-13-18)21(2,3)4/h10-13,19H,5-9,14-15H2,1-4H3,(H,22,25). The van der Waals surface area contributed by atoms with Crippen molar-refractivity contribution in [2.45, 2.75) is 77.7 Å². The highest BCUT2D eigenvalue weighted by molar-refractivity contribution is 5.91. The predicted molar refractivity (Wildman–Crippen MR) is 103 cm³/mol. The van der Waals surface area contributed by atoms with Gasteiger partial charge < -0.3 is 10.2 Å². The van der Waals surface area contributed by atoms with Crippen LogP contribution in [0, 0.1) is 0 Å². The number of nitrogens with one attached hydrogen (secondary N) is 1. The molecule has 0 radical (unpaired) electrons. The largest absolute Gasteiger partial charge is 0.339 e. The predicted octanol–water partition coefficient (Wildman–Crippen LogP) is 4.49. The van der Waals surface area contributed by atoms with Crippen molar-refractivity contribution in [2.75, 3.05) is 11.9 Å². The quantitative estimate of drug-likeness (QED) is 0.855. The SMILES string of the molecule is CC(=O)N(CCC(=O)Nc1ccc(C(C)(C)C)cc1)C1CCCCC1. The van der Waals surface area contributed by atoms with Crippen LogP contribution in [0.4, 0.5) is 5.69 Å². The van der Waals surface area contributed by atoms with E-state index in [4.69, 9.17) is 0 Å². The molecule has 0 heterocycles. The van der Waals surface area contributed by atoms with E-state index in [1.165, 1.54) is 24.8 Å². The Hall–Kier alpha value is -1.84. The van der Waals surface area contributed by atoms with Gasteiger partial charge in [0.2, 0.25) is 11.8 Å². The lowest BCUT2D eigenvalue weighted by molar-refractivity contribution is -0.132. The fourth-order valence-corrected chi connectivity index (χ4v) is 3.49. The molecule has 4 heteroatoms. The molecule has 25 heavy (non-hydrogen) atoms. The Balaban J connectivity index is 1.87. The van der Waals surface area contributed by atoms with Gasteiger partial charge >= 0.3 is 0 Å². The molecule has 0 spiro atoms. The molecule has 1 saturated carbocycles. The molecule has 1 aromatic carbocycles. The van der Waals surface area contributed by atoms with Gasteiger partial charge in [-0.2, -0.15) is 0 Å². The Morgan fingerprint density at radius 3 is 2.20 bits per heavy atom. The molecule has 1 fully saturated rings. The van der Waals surface area contributed by atoms with E-state index >= 15 is 0 Å². The van der Waals surface area contributed by atoms with Gasteiger partial charge in [-0.25, -0.2) is 0 Å². The molecule has 0 unspecified atom stereocenters. The number of hydrogen-bond acceptors (Lipinski definition) is 2. The van der Waals surface area contributed by atoms with Crippen molar-refractivity contribution in [3.8, 4) is 0 Å². The summed E-state index contributed by atoms with van der Waals surface area (Å²) in [6, 6.07) is 8.31. The maximum atomic E-state index is 12.3. The molecule has 1 aromatic rings. The van der Waals surface area contributed by atoms with Gasteiger partial charge in [0.05, 0.1) is 0 Å². The van der Waals surface area contributed by atoms with Crippen molar-refractivity contribution in [3.05, 3.63) is 29.8 Å². The molecule has 0 aliphatic heterocycles. The van der Waals surface area contributed by atoms with Crippen molar-refractivity contribution in [2.24, 2.45) is 0 Å². The molecule has 0 bridgehead atoms. The molecule has 0 atom stereocenters. The molecular weight excluding hydrogens is 312 g/mol. The van der Waals surface area contributed by atoms with Gasteiger partial charge in [0.1, 0.15) is 0 Å². The van der Waals surface area contributed by atoms with Gasteiger partial charge in [-0.1, -0.05) is 52.2 Å². The molecule has 0 saturated heterocycles. The maximum absolute atomic E-state index is 12.3. The second kappa shape index (κ2) is 8.50. The summed E-state index contributed by atoms with van der Waals surface area (Å²) in [5, 5.41) is 2.94. The first-order valence-electron chi connectivity index (χ1n) is 9.45. The zero-order valence-electron chi connectivity index (χ0n) is 16.1. The zero-order valence-corrected chi connectivity index (χ0v) is 16.1. The van der Waals surface area contributed by atoms with Crippen LogP contribution < -0.4 is 5.32 Å². The van der Waals surface area contributed by atoms with E-state index in [1.807, 2.05) is 17.0 Å². The van der Waals surface area contributed by atoms with Crippen LogP contribution in [-0.4, -0.2) is 29.3 Å². The van der Waals surface area contributed by atoms with Gasteiger partial charge in [-0.05, 0) is 36.0 Å². The fourth-order valence-electron chi connectivity index (χ4n) is 3.49. The van der Waals surface area contributed by atoms with Crippen LogP contribution >= 0.6 is 0 Å². The van der Waals surface area contributed by atoms with Gasteiger partial charge in [0.15, 0.2) is 0 Å². The number of amides is 2. The van der Waals surface area contributed by atoms with Crippen molar-refractivity contribution in [1.82, 2.24) is 4.90 Å².